The highest BCUT2D eigenvalue weighted by Gasteiger charge is 2.16. The summed E-state index contributed by atoms with van der Waals surface area (Å²) < 4.78 is 16.7. The monoisotopic (exact) mass is 444 g/mol. The van der Waals surface area contributed by atoms with Crippen LogP contribution in [0.5, 0.6) is 17.2 Å². The molecule has 1 aliphatic rings. The van der Waals surface area contributed by atoms with Crippen molar-refractivity contribution in [2.45, 2.75) is 13.2 Å². The van der Waals surface area contributed by atoms with Crippen LogP contribution in [-0.2, 0) is 13.2 Å². The molecule has 4 aromatic rings. The SMILES string of the molecule is O=C(NCc1ccc2c(c1)OCO2)c1csc(-c2ccccc2OCc2ccccc2)n1. The van der Waals surface area contributed by atoms with E-state index in [-0.39, 0.29) is 12.7 Å². The summed E-state index contributed by atoms with van der Waals surface area (Å²) in [6.45, 7) is 1.06. The van der Waals surface area contributed by atoms with E-state index >= 15 is 0 Å². The lowest BCUT2D eigenvalue weighted by Gasteiger charge is -2.10. The second-order valence-electron chi connectivity index (χ2n) is 7.18. The standard InChI is InChI=1S/C25H20N2O4S/c28-24(26-13-18-10-11-22-23(12-18)31-16-30-22)20-15-32-25(27-20)19-8-4-5-9-21(19)29-14-17-6-2-1-3-7-17/h1-12,15H,13-14,16H2,(H,26,28). The summed E-state index contributed by atoms with van der Waals surface area (Å²) >= 11 is 1.42. The first-order valence-electron chi connectivity index (χ1n) is 10.1. The predicted octanol–water partition coefficient (Wildman–Crippen LogP) is 5.05. The van der Waals surface area contributed by atoms with Crippen LogP contribution in [0.4, 0.5) is 0 Å². The molecular formula is C25H20N2O4S. The zero-order valence-corrected chi connectivity index (χ0v) is 17.9. The van der Waals surface area contributed by atoms with E-state index in [0.717, 1.165) is 33.2 Å². The number of nitrogens with one attached hydrogen (secondary N) is 1. The van der Waals surface area contributed by atoms with Gasteiger partial charge in [0.15, 0.2) is 11.5 Å². The van der Waals surface area contributed by atoms with Crippen molar-refractivity contribution in [1.82, 2.24) is 10.3 Å². The third kappa shape index (κ3) is 4.43. The third-order valence-electron chi connectivity index (χ3n) is 4.98. The molecule has 0 atom stereocenters. The van der Waals surface area contributed by atoms with Gasteiger partial charge in [-0.3, -0.25) is 4.79 Å². The molecule has 0 saturated carbocycles. The Hall–Kier alpha value is -3.84. The van der Waals surface area contributed by atoms with E-state index < -0.39 is 0 Å². The van der Waals surface area contributed by atoms with Gasteiger partial charge in [0, 0.05) is 11.9 Å². The first-order valence-corrected chi connectivity index (χ1v) is 11.0. The molecule has 7 heteroatoms. The van der Waals surface area contributed by atoms with E-state index in [1.807, 2.05) is 72.8 Å². The Morgan fingerprint density at radius 1 is 0.969 bits per heavy atom. The number of ether oxygens (including phenoxy) is 3. The number of carbonyl (C=O) groups excluding carboxylic acids is 1. The van der Waals surface area contributed by atoms with Gasteiger partial charge in [0.2, 0.25) is 6.79 Å². The van der Waals surface area contributed by atoms with E-state index in [9.17, 15) is 4.79 Å². The maximum atomic E-state index is 12.6. The minimum atomic E-state index is -0.229. The van der Waals surface area contributed by atoms with Crippen molar-refractivity contribution in [3.8, 4) is 27.8 Å². The van der Waals surface area contributed by atoms with Crippen molar-refractivity contribution in [2.24, 2.45) is 0 Å². The summed E-state index contributed by atoms with van der Waals surface area (Å²) in [7, 11) is 0. The fourth-order valence-electron chi connectivity index (χ4n) is 3.33. The van der Waals surface area contributed by atoms with Gasteiger partial charge in [0.1, 0.15) is 23.1 Å². The van der Waals surface area contributed by atoms with E-state index in [4.69, 9.17) is 14.2 Å². The van der Waals surface area contributed by atoms with Crippen LogP contribution < -0.4 is 19.5 Å². The van der Waals surface area contributed by atoms with Crippen LogP contribution >= 0.6 is 11.3 Å². The average Bonchev–Trinajstić information content (AvgIpc) is 3.52. The number of benzene rings is 3. The molecule has 1 amide bonds. The molecule has 1 N–H and O–H groups in total. The van der Waals surface area contributed by atoms with E-state index in [2.05, 4.69) is 10.3 Å². The molecule has 0 radical (unpaired) electrons. The van der Waals surface area contributed by atoms with Crippen LogP contribution in [-0.4, -0.2) is 17.7 Å². The zero-order chi connectivity index (χ0) is 21.8. The molecule has 1 aromatic heterocycles. The van der Waals surface area contributed by atoms with Gasteiger partial charge in [-0.05, 0) is 35.4 Å². The fourth-order valence-corrected chi connectivity index (χ4v) is 4.16. The Bertz CT molecular complexity index is 1240. The largest absolute Gasteiger partial charge is 0.488 e. The Kier molecular flexibility index (Phi) is 5.72. The van der Waals surface area contributed by atoms with Gasteiger partial charge in [-0.15, -0.1) is 11.3 Å². The number of para-hydroxylation sites is 1. The Morgan fingerprint density at radius 2 is 1.78 bits per heavy atom. The summed E-state index contributed by atoms with van der Waals surface area (Å²) in [5.74, 6) is 1.92. The minimum absolute atomic E-state index is 0.225. The highest BCUT2D eigenvalue weighted by molar-refractivity contribution is 7.13. The number of hydrogen-bond donors (Lipinski definition) is 1. The molecule has 0 saturated heterocycles. The summed E-state index contributed by atoms with van der Waals surface area (Å²) in [5.41, 5.74) is 3.26. The molecule has 0 unspecified atom stereocenters. The molecule has 6 nitrogen and oxygen atoms in total. The van der Waals surface area contributed by atoms with Gasteiger partial charge >= 0.3 is 0 Å². The summed E-state index contributed by atoms with van der Waals surface area (Å²) in [6, 6.07) is 23.3. The Balaban J connectivity index is 1.26. The van der Waals surface area contributed by atoms with Crippen molar-refractivity contribution in [2.75, 3.05) is 6.79 Å². The third-order valence-corrected chi connectivity index (χ3v) is 5.86. The number of rotatable bonds is 7. The number of nitrogens with zero attached hydrogens (tertiary/aromatic N) is 1. The summed E-state index contributed by atoms with van der Waals surface area (Å²) in [6.07, 6.45) is 0. The lowest BCUT2D eigenvalue weighted by atomic mass is 10.2. The van der Waals surface area contributed by atoms with Crippen LogP contribution in [0.3, 0.4) is 0 Å². The van der Waals surface area contributed by atoms with E-state index in [1.54, 1.807) is 5.38 Å². The van der Waals surface area contributed by atoms with Crippen LogP contribution in [0.1, 0.15) is 21.6 Å². The highest BCUT2D eigenvalue weighted by atomic mass is 32.1. The van der Waals surface area contributed by atoms with Crippen LogP contribution in [0.2, 0.25) is 0 Å². The normalized spacial score (nSPS) is 11.9. The lowest BCUT2D eigenvalue weighted by Crippen LogP contribution is -2.23. The maximum absolute atomic E-state index is 12.6. The lowest BCUT2D eigenvalue weighted by molar-refractivity contribution is 0.0946. The number of aromatic nitrogens is 1. The quantitative estimate of drug-likeness (QED) is 0.432. The van der Waals surface area contributed by atoms with Crippen molar-refractivity contribution in [3.63, 3.8) is 0 Å². The Morgan fingerprint density at radius 3 is 2.69 bits per heavy atom. The van der Waals surface area contributed by atoms with Crippen molar-refractivity contribution >= 4 is 17.2 Å². The molecule has 0 fully saturated rings. The van der Waals surface area contributed by atoms with Gasteiger partial charge in [0.05, 0.1) is 5.56 Å². The second-order valence-corrected chi connectivity index (χ2v) is 8.04. The smallest absolute Gasteiger partial charge is 0.271 e. The molecule has 1 aliphatic heterocycles. The minimum Gasteiger partial charge on any atom is -0.488 e. The van der Waals surface area contributed by atoms with Crippen molar-refractivity contribution in [1.29, 1.82) is 0 Å². The van der Waals surface area contributed by atoms with Gasteiger partial charge in [0.25, 0.3) is 5.91 Å². The maximum Gasteiger partial charge on any atom is 0.271 e. The molecule has 3 aromatic carbocycles. The van der Waals surface area contributed by atoms with Gasteiger partial charge in [-0.25, -0.2) is 4.98 Å². The number of thiazole rings is 1. The second kappa shape index (κ2) is 9.11. The molecule has 0 aliphatic carbocycles. The number of carbonyl (C=O) groups is 1. The number of fused-ring (bicyclic) bond motifs is 1. The first-order chi connectivity index (χ1) is 15.8. The highest BCUT2D eigenvalue weighted by Crippen LogP contribution is 2.33. The molecule has 160 valence electrons. The zero-order valence-electron chi connectivity index (χ0n) is 17.1. The van der Waals surface area contributed by atoms with Crippen LogP contribution in [0.25, 0.3) is 10.6 Å². The molecule has 0 spiro atoms. The van der Waals surface area contributed by atoms with Crippen LogP contribution in [0, 0.1) is 0 Å². The molecule has 5 rings (SSSR count). The van der Waals surface area contributed by atoms with Gasteiger partial charge < -0.3 is 19.5 Å². The van der Waals surface area contributed by atoms with Crippen LogP contribution in [0.15, 0.2) is 78.2 Å². The summed E-state index contributed by atoms with van der Waals surface area (Å²) in [4.78, 5) is 17.2. The summed E-state index contributed by atoms with van der Waals surface area (Å²) in [5, 5.41) is 5.41. The predicted molar refractivity (Wildman–Crippen MR) is 122 cm³/mol. The fraction of sp³-hybridized carbons (Fsp3) is 0.120. The van der Waals surface area contributed by atoms with Crippen molar-refractivity contribution in [3.05, 3.63) is 95.0 Å². The number of amides is 1. The molecule has 0 bridgehead atoms. The van der Waals surface area contributed by atoms with E-state index in [1.165, 1.54) is 11.3 Å². The van der Waals surface area contributed by atoms with Crippen molar-refractivity contribution < 1.29 is 19.0 Å². The van der Waals surface area contributed by atoms with Gasteiger partial charge in [-0.1, -0.05) is 48.5 Å². The first kappa shape index (κ1) is 20.1. The van der Waals surface area contributed by atoms with Gasteiger partial charge in [-0.2, -0.15) is 0 Å². The Labute approximate surface area is 189 Å². The molecule has 32 heavy (non-hydrogen) atoms. The van der Waals surface area contributed by atoms with E-state index in [0.29, 0.717) is 24.6 Å². The number of hydrogen-bond acceptors (Lipinski definition) is 6. The molecule has 2 heterocycles. The average molecular weight is 445 g/mol. The topological polar surface area (TPSA) is 69.7 Å². The molecular weight excluding hydrogens is 424 g/mol.